The minimum atomic E-state index is -4.03. The molecule has 0 aliphatic heterocycles. The zero-order valence-corrected chi connectivity index (χ0v) is 26.5. The SMILES string of the molecule is COc1ccc(S(=O)(=O)NC(=O)CNC(=O)CC[C@@H](C)C2CCC3C4CCC5C[C@H](O)CC[C@]5(C)C4CC[C@@]32C)cc1. The second kappa shape index (κ2) is 12.1. The normalized spacial score (nSPS) is 36.6. The quantitative estimate of drug-likeness (QED) is 0.364. The van der Waals surface area contributed by atoms with Crippen LogP contribution in [0.4, 0.5) is 0 Å². The number of hydrogen-bond acceptors (Lipinski definition) is 6. The smallest absolute Gasteiger partial charge is 0.264 e. The summed E-state index contributed by atoms with van der Waals surface area (Å²) in [6, 6.07) is 5.74. The summed E-state index contributed by atoms with van der Waals surface area (Å²) in [4.78, 5) is 24.9. The largest absolute Gasteiger partial charge is 0.497 e. The van der Waals surface area contributed by atoms with Crippen LogP contribution in [0.2, 0.25) is 0 Å². The van der Waals surface area contributed by atoms with E-state index >= 15 is 0 Å². The van der Waals surface area contributed by atoms with E-state index < -0.39 is 15.9 Å². The Morgan fingerprint density at radius 3 is 2.38 bits per heavy atom. The molecule has 8 nitrogen and oxygen atoms in total. The molecule has 234 valence electrons. The van der Waals surface area contributed by atoms with E-state index in [0.29, 0.717) is 40.8 Å². The maximum Gasteiger partial charge on any atom is 0.264 e. The molecule has 0 radical (unpaired) electrons. The number of hydrogen-bond donors (Lipinski definition) is 3. The highest BCUT2D eigenvalue weighted by molar-refractivity contribution is 7.90. The first kappa shape index (κ1) is 31.3. The van der Waals surface area contributed by atoms with E-state index in [2.05, 4.69) is 26.1 Å². The molecular formula is C33H50N2O6S. The Kier molecular flexibility index (Phi) is 9.02. The Morgan fingerprint density at radius 2 is 1.67 bits per heavy atom. The number of amides is 2. The third-order valence-electron chi connectivity index (χ3n) is 12.3. The summed E-state index contributed by atoms with van der Waals surface area (Å²) in [6.45, 7) is 6.96. The fourth-order valence-corrected chi connectivity index (χ4v) is 11.0. The van der Waals surface area contributed by atoms with Gasteiger partial charge >= 0.3 is 0 Å². The van der Waals surface area contributed by atoms with Crippen molar-refractivity contribution in [3.8, 4) is 5.75 Å². The number of fused-ring (bicyclic) bond motifs is 5. The molecule has 4 saturated carbocycles. The molecule has 3 N–H and O–H groups in total. The molecule has 1 aromatic carbocycles. The summed E-state index contributed by atoms with van der Waals surface area (Å²) in [7, 11) is -2.54. The molecule has 4 aliphatic carbocycles. The Morgan fingerprint density at radius 1 is 0.976 bits per heavy atom. The predicted octanol–water partition coefficient (Wildman–Crippen LogP) is 5.05. The summed E-state index contributed by atoms with van der Waals surface area (Å²) < 4.78 is 32.0. The zero-order chi connectivity index (χ0) is 30.3. The molecule has 5 unspecified atom stereocenters. The van der Waals surface area contributed by atoms with Crippen molar-refractivity contribution >= 4 is 21.8 Å². The van der Waals surface area contributed by atoms with Crippen molar-refractivity contribution in [2.75, 3.05) is 13.7 Å². The molecule has 0 bridgehead atoms. The molecule has 42 heavy (non-hydrogen) atoms. The number of rotatable bonds is 9. The molecule has 9 atom stereocenters. The van der Waals surface area contributed by atoms with E-state index in [1.54, 1.807) is 0 Å². The van der Waals surface area contributed by atoms with E-state index in [0.717, 1.165) is 37.0 Å². The van der Waals surface area contributed by atoms with E-state index in [4.69, 9.17) is 4.74 Å². The Labute approximate surface area is 251 Å². The number of aliphatic hydroxyl groups is 1. The van der Waals surface area contributed by atoms with Crippen LogP contribution in [0.5, 0.6) is 5.75 Å². The van der Waals surface area contributed by atoms with Gasteiger partial charge in [-0.3, -0.25) is 9.59 Å². The van der Waals surface area contributed by atoms with Crippen LogP contribution in [0.3, 0.4) is 0 Å². The molecule has 0 heterocycles. The minimum Gasteiger partial charge on any atom is -0.497 e. The van der Waals surface area contributed by atoms with Gasteiger partial charge in [0.1, 0.15) is 5.75 Å². The van der Waals surface area contributed by atoms with Crippen LogP contribution in [-0.4, -0.2) is 45.1 Å². The van der Waals surface area contributed by atoms with Gasteiger partial charge < -0.3 is 15.2 Å². The fourth-order valence-electron chi connectivity index (χ4n) is 10.0. The van der Waals surface area contributed by atoms with Crippen molar-refractivity contribution in [2.45, 2.75) is 102 Å². The maximum atomic E-state index is 12.6. The monoisotopic (exact) mass is 602 g/mol. The average Bonchev–Trinajstić information content (AvgIpc) is 3.32. The highest BCUT2D eigenvalue weighted by Gasteiger charge is 2.60. The van der Waals surface area contributed by atoms with Crippen LogP contribution in [0.15, 0.2) is 29.2 Å². The molecule has 0 aromatic heterocycles. The summed E-state index contributed by atoms with van der Waals surface area (Å²) in [5, 5.41) is 12.9. The Balaban J connectivity index is 1.10. The number of carbonyl (C=O) groups excluding carboxylic acids is 2. The number of aliphatic hydroxyl groups excluding tert-OH is 1. The lowest BCUT2D eigenvalue weighted by atomic mass is 9.44. The van der Waals surface area contributed by atoms with E-state index in [1.807, 2.05) is 4.72 Å². The molecule has 1 aromatic rings. The first-order valence-electron chi connectivity index (χ1n) is 16.0. The van der Waals surface area contributed by atoms with Crippen LogP contribution in [-0.2, 0) is 19.6 Å². The predicted molar refractivity (Wildman–Crippen MR) is 161 cm³/mol. The van der Waals surface area contributed by atoms with Gasteiger partial charge in [-0.05, 0) is 135 Å². The highest BCUT2D eigenvalue weighted by Crippen LogP contribution is 2.68. The number of carbonyl (C=O) groups is 2. The topological polar surface area (TPSA) is 122 Å². The third kappa shape index (κ3) is 5.97. The van der Waals surface area contributed by atoms with Gasteiger partial charge in [0.2, 0.25) is 5.91 Å². The van der Waals surface area contributed by atoms with E-state index in [1.165, 1.54) is 76.3 Å². The van der Waals surface area contributed by atoms with Gasteiger partial charge in [0.05, 0.1) is 24.7 Å². The van der Waals surface area contributed by atoms with Crippen molar-refractivity contribution < 1.29 is 27.9 Å². The second-order valence-corrected chi connectivity index (χ2v) is 16.0. The molecule has 4 fully saturated rings. The van der Waals surface area contributed by atoms with Crippen LogP contribution in [0, 0.1) is 46.3 Å². The Hall–Kier alpha value is -2.13. The highest BCUT2D eigenvalue weighted by atomic mass is 32.2. The summed E-state index contributed by atoms with van der Waals surface area (Å²) in [5.74, 6) is 3.49. The molecule has 0 spiro atoms. The van der Waals surface area contributed by atoms with Gasteiger partial charge in [-0.25, -0.2) is 13.1 Å². The zero-order valence-electron chi connectivity index (χ0n) is 25.7. The summed E-state index contributed by atoms with van der Waals surface area (Å²) in [6.07, 6.45) is 11.7. The van der Waals surface area contributed by atoms with Gasteiger partial charge in [-0.1, -0.05) is 20.8 Å². The number of ether oxygens (including phenoxy) is 1. The van der Waals surface area contributed by atoms with Crippen molar-refractivity contribution in [3.63, 3.8) is 0 Å². The van der Waals surface area contributed by atoms with Gasteiger partial charge in [0, 0.05) is 6.42 Å². The van der Waals surface area contributed by atoms with Crippen LogP contribution >= 0.6 is 0 Å². The molecule has 0 saturated heterocycles. The molecule has 9 heteroatoms. The molecule has 4 aliphatic rings. The Bertz CT molecular complexity index is 1250. The van der Waals surface area contributed by atoms with Crippen molar-refractivity contribution in [2.24, 2.45) is 46.3 Å². The van der Waals surface area contributed by atoms with Crippen molar-refractivity contribution in [1.82, 2.24) is 10.0 Å². The number of methoxy groups -OCH3 is 1. The average molecular weight is 603 g/mol. The van der Waals surface area contributed by atoms with Gasteiger partial charge in [-0.15, -0.1) is 0 Å². The van der Waals surface area contributed by atoms with Gasteiger partial charge in [0.25, 0.3) is 15.9 Å². The molecular weight excluding hydrogens is 552 g/mol. The van der Waals surface area contributed by atoms with Crippen LogP contribution < -0.4 is 14.8 Å². The van der Waals surface area contributed by atoms with E-state index in [-0.39, 0.29) is 23.5 Å². The van der Waals surface area contributed by atoms with Crippen LogP contribution in [0.25, 0.3) is 0 Å². The number of benzene rings is 1. The van der Waals surface area contributed by atoms with Crippen molar-refractivity contribution in [1.29, 1.82) is 0 Å². The first-order chi connectivity index (χ1) is 19.9. The summed E-state index contributed by atoms with van der Waals surface area (Å²) >= 11 is 0. The first-order valence-corrected chi connectivity index (χ1v) is 17.5. The lowest BCUT2D eigenvalue weighted by Crippen LogP contribution is -2.54. The maximum absolute atomic E-state index is 12.6. The van der Waals surface area contributed by atoms with E-state index in [9.17, 15) is 23.1 Å². The van der Waals surface area contributed by atoms with Crippen LogP contribution in [0.1, 0.15) is 91.4 Å². The van der Waals surface area contributed by atoms with Gasteiger partial charge in [0.15, 0.2) is 0 Å². The number of sulfonamides is 1. The van der Waals surface area contributed by atoms with Gasteiger partial charge in [-0.2, -0.15) is 0 Å². The minimum absolute atomic E-state index is 0.0473. The summed E-state index contributed by atoms with van der Waals surface area (Å²) in [5.41, 5.74) is 0.690. The third-order valence-corrected chi connectivity index (χ3v) is 13.7. The molecule has 5 rings (SSSR count). The lowest BCUT2D eigenvalue weighted by molar-refractivity contribution is -0.130. The standard InChI is InChI=1S/C33H50N2O6S/c1-21(5-14-30(37)34-20-31(38)35-42(39,40)25-9-7-24(41-4)8-10-25)27-12-13-28-26-11-6-22-19-23(36)15-17-32(22,2)29(26)16-18-33(27,28)3/h7-10,21-23,26-29,36H,5-6,11-20H2,1-4H3,(H,34,37)(H,35,38)/t21-,22?,23-,26?,27?,28?,29?,32+,33-/m1/s1. The second-order valence-electron chi connectivity index (χ2n) is 14.3. The fraction of sp³-hybridized carbons (Fsp3) is 0.758. The van der Waals surface area contributed by atoms with Crippen molar-refractivity contribution in [3.05, 3.63) is 24.3 Å². The number of nitrogens with one attached hydrogen (secondary N) is 2. The molecule has 2 amide bonds. The lowest BCUT2D eigenvalue weighted by Gasteiger charge is -2.61.